The summed E-state index contributed by atoms with van der Waals surface area (Å²) in [7, 11) is 1.57. The number of rotatable bonds is 6. The molecule has 1 aromatic heterocycles. The van der Waals surface area contributed by atoms with E-state index in [1.807, 2.05) is 44.2 Å². The number of benzene rings is 3. The number of anilines is 1. The van der Waals surface area contributed by atoms with Gasteiger partial charge in [0.15, 0.2) is 5.13 Å². The second-order valence-electron chi connectivity index (χ2n) is 8.37. The van der Waals surface area contributed by atoms with Crippen LogP contribution in [0.1, 0.15) is 29.7 Å². The molecule has 1 atom stereocenters. The van der Waals surface area contributed by atoms with Crippen molar-refractivity contribution in [1.29, 1.82) is 0 Å². The minimum Gasteiger partial charge on any atom is -0.507 e. The van der Waals surface area contributed by atoms with E-state index >= 15 is 0 Å². The van der Waals surface area contributed by atoms with Crippen molar-refractivity contribution in [3.05, 3.63) is 89.0 Å². The number of thiazole rings is 1. The molecule has 7 nitrogen and oxygen atoms in total. The van der Waals surface area contributed by atoms with Crippen molar-refractivity contribution >= 4 is 44.1 Å². The first-order chi connectivity index (χ1) is 17.4. The Morgan fingerprint density at radius 3 is 2.39 bits per heavy atom. The lowest BCUT2D eigenvalue weighted by Gasteiger charge is -2.23. The van der Waals surface area contributed by atoms with Crippen LogP contribution in [-0.2, 0) is 9.59 Å². The predicted octanol–water partition coefficient (Wildman–Crippen LogP) is 5.64. The van der Waals surface area contributed by atoms with Gasteiger partial charge < -0.3 is 14.6 Å². The molecule has 0 bridgehead atoms. The Balaban J connectivity index is 1.68. The molecule has 1 aliphatic rings. The number of ether oxygens (including phenoxy) is 2. The van der Waals surface area contributed by atoms with Gasteiger partial charge in [0.1, 0.15) is 17.3 Å². The van der Waals surface area contributed by atoms with Gasteiger partial charge in [-0.3, -0.25) is 14.5 Å². The summed E-state index contributed by atoms with van der Waals surface area (Å²) in [6.07, 6.45) is 0. The number of amides is 1. The maximum Gasteiger partial charge on any atom is 0.301 e. The van der Waals surface area contributed by atoms with Gasteiger partial charge in [-0.05, 0) is 49.7 Å². The number of carbonyl (C=O) groups is 2. The van der Waals surface area contributed by atoms with Crippen LogP contribution >= 0.6 is 11.3 Å². The second kappa shape index (κ2) is 9.47. The fourth-order valence-electron chi connectivity index (χ4n) is 4.25. The van der Waals surface area contributed by atoms with Gasteiger partial charge in [0.2, 0.25) is 0 Å². The van der Waals surface area contributed by atoms with Crippen molar-refractivity contribution in [2.75, 3.05) is 18.6 Å². The number of Topliss-reactive ketones (excluding diaryl/α,β-unsaturated/α-hetero) is 1. The molecule has 0 aliphatic carbocycles. The monoisotopic (exact) mass is 500 g/mol. The fourth-order valence-corrected chi connectivity index (χ4v) is 5.27. The van der Waals surface area contributed by atoms with E-state index in [0.717, 1.165) is 10.3 Å². The molecule has 0 spiro atoms. The highest BCUT2D eigenvalue weighted by atomic mass is 32.1. The Labute approximate surface area is 212 Å². The Kier molecular flexibility index (Phi) is 6.20. The summed E-state index contributed by atoms with van der Waals surface area (Å²) in [5.74, 6) is -0.390. The molecule has 1 aliphatic heterocycles. The van der Waals surface area contributed by atoms with Crippen molar-refractivity contribution in [1.82, 2.24) is 4.98 Å². The largest absolute Gasteiger partial charge is 0.507 e. The molecule has 5 rings (SSSR count). The molecule has 36 heavy (non-hydrogen) atoms. The zero-order valence-electron chi connectivity index (χ0n) is 20.0. The highest BCUT2D eigenvalue weighted by molar-refractivity contribution is 7.22. The minimum atomic E-state index is -0.857. The molecular formula is C28H24N2O5S. The number of methoxy groups -OCH3 is 1. The molecule has 1 N–H and O–H groups in total. The topological polar surface area (TPSA) is 89.0 Å². The first-order valence-corrected chi connectivity index (χ1v) is 12.3. The third-order valence-corrected chi connectivity index (χ3v) is 7.08. The van der Waals surface area contributed by atoms with Gasteiger partial charge in [0.05, 0.1) is 35.5 Å². The SMILES string of the molecule is CCOc1ccc2nc(N3C(=O)C(=O)/C(=C(/O)c4ccc(C)cc4)[C@H]3c3ccc(OC)cc3)sc2c1. The number of ketones is 1. The van der Waals surface area contributed by atoms with Gasteiger partial charge in [0.25, 0.3) is 5.78 Å². The molecule has 1 fully saturated rings. The number of carbonyl (C=O) groups excluding carboxylic acids is 2. The maximum atomic E-state index is 13.4. The van der Waals surface area contributed by atoms with Crippen LogP contribution in [-0.4, -0.2) is 35.5 Å². The van der Waals surface area contributed by atoms with Crippen LogP contribution in [0.25, 0.3) is 16.0 Å². The van der Waals surface area contributed by atoms with E-state index in [1.54, 1.807) is 43.5 Å². The third-order valence-electron chi connectivity index (χ3n) is 6.07. The highest BCUT2D eigenvalue weighted by Crippen LogP contribution is 2.44. The first kappa shape index (κ1) is 23.6. The van der Waals surface area contributed by atoms with Crippen LogP contribution in [0, 0.1) is 6.92 Å². The molecule has 3 aromatic carbocycles. The number of aliphatic hydroxyl groups is 1. The Morgan fingerprint density at radius 1 is 1.03 bits per heavy atom. The summed E-state index contributed by atoms with van der Waals surface area (Å²) < 4.78 is 11.7. The number of aromatic nitrogens is 1. The maximum absolute atomic E-state index is 13.4. The molecule has 0 saturated carbocycles. The van der Waals surface area contributed by atoms with Crippen LogP contribution in [0.2, 0.25) is 0 Å². The summed E-state index contributed by atoms with van der Waals surface area (Å²) in [6, 6.07) is 18.9. The van der Waals surface area contributed by atoms with E-state index in [2.05, 4.69) is 4.98 Å². The van der Waals surface area contributed by atoms with Crippen LogP contribution in [0.3, 0.4) is 0 Å². The average Bonchev–Trinajstić information content (AvgIpc) is 3.42. The lowest BCUT2D eigenvalue weighted by atomic mass is 9.95. The summed E-state index contributed by atoms with van der Waals surface area (Å²) in [4.78, 5) is 32.8. The minimum absolute atomic E-state index is 0.0169. The van der Waals surface area contributed by atoms with Gasteiger partial charge in [-0.15, -0.1) is 0 Å². The van der Waals surface area contributed by atoms with Crippen molar-refractivity contribution in [2.24, 2.45) is 0 Å². The third kappa shape index (κ3) is 4.09. The van der Waals surface area contributed by atoms with Crippen molar-refractivity contribution in [2.45, 2.75) is 19.9 Å². The number of hydrogen-bond donors (Lipinski definition) is 1. The molecule has 1 saturated heterocycles. The van der Waals surface area contributed by atoms with E-state index in [4.69, 9.17) is 9.47 Å². The van der Waals surface area contributed by atoms with E-state index in [1.165, 1.54) is 16.2 Å². The smallest absolute Gasteiger partial charge is 0.301 e. The van der Waals surface area contributed by atoms with Gasteiger partial charge >= 0.3 is 5.91 Å². The molecule has 1 amide bonds. The number of aliphatic hydroxyl groups excluding tert-OH is 1. The van der Waals surface area contributed by atoms with Crippen molar-refractivity contribution in [3.8, 4) is 11.5 Å². The lowest BCUT2D eigenvalue weighted by molar-refractivity contribution is -0.132. The van der Waals surface area contributed by atoms with Gasteiger partial charge in [-0.2, -0.15) is 0 Å². The van der Waals surface area contributed by atoms with Crippen molar-refractivity contribution in [3.63, 3.8) is 0 Å². The van der Waals surface area contributed by atoms with Gasteiger partial charge in [0, 0.05) is 5.56 Å². The average molecular weight is 501 g/mol. The lowest BCUT2D eigenvalue weighted by Crippen LogP contribution is -2.29. The standard InChI is InChI=1S/C28H24N2O5S/c1-4-35-20-13-14-21-22(15-20)36-28(29-21)30-24(17-9-11-19(34-3)12-10-17)23(26(32)27(30)33)25(31)18-7-5-16(2)6-8-18/h5-15,24,31H,4H2,1-3H3/b25-23+/t24-/m1/s1. The summed E-state index contributed by atoms with van der Waals surface area (Å²) in [5, 5.41) is 11.6. The zero-order chi connectivity index (χ0) is 25.4. The Bertz CT molecular complexity index is 1490. The van der Waals surface area contributed by atoms with Crippen LogP contribution in [0.4, 0.5) is 5.13 Å². The molecule has 2 heterocycles. The van der Waals surface area contributed by atoms with Crippen LogP contribution < -0.4 is 14.4 Å². The fraction of sp³-hybridized carbons (Fsp3) is 0.179. The van der Waals surface area contributed by atoms with E-state index < -0.39 is 17.7 Å². The van der Waals surface area contributed by atoms with Crippen molar-refractivity contribution < 1.29 is 24.2 Å². The highest BCUT2D eigenvalue weighted by Gasteiger charge is 2.48. The molecule has 8 heteroatoms. The van der Waals surface area contributed by atoms with Crippen LogP contribution in [0.5, 0.6) is 11.5 Å². The summed E-state index contributed by atoms with van der Waals surface area (Å²) >= 11 is 1.29. The summed E-state index contributed by atoms with van der Waals surface area (Å²) in [6.45, 7) is 4.37. The molecule has 0 radical (unpaired) electrons. The Morgan fingerprint density at radius 2 is 1.72 bits per heavy atom. The second-order valence-corrected chi connectivity index (χ2v) is 9.38. The van der Waals surface area contributed by atoms with E-state index in [-0.39, 0.29) is 11.3 Å². The zero-order valence-corrected chi connectivity index (χ0v) is 20.8. The van der Waals surface area contributed by atoms with Gasteiger partial charge in [-0.1, -0.05) is 53.3 Å². The number of aryl methyl sites for hydroxylation is 1. The first-order valence-electron chi connectivity index (χ1n) is 11.5. The molecular weight excluding hydrogens is 476 g/mol. The quantitative estimate of drug-likeness (QED) is 0.209. The molecule has 4 aromatic rings. The number of fused-ring (bicyclic) bond motifs is 1. The Hall–Kier alpha value is -4.17. The van der Waals surface area contributed by atoms with Gasteiger partial charge in [-0.25, -0.2) is 4.98 Å². The number of hydrogen-bond acceptors (Lipinski definition) is 7. The summed E-state index contributed by atoms with van der Waals surface area (Å²) in [5.41, 5.74) is 2.83. The number of nitrogens with zero attached hydrogens (tertiary/aromatic N) is 2. The molecule has 182 valence electrons. The van der Waals surface area contributed by atoms with E-state index in [9.17, 15) is 14.7 Å². The van der Waals surface area contributed by atoms with E-state index in [0.29, 0.717) is 39.9 Å². The predicted molar refractivity (Wildman–Crippen MR) is 140 cm³/mol. The molecule has 0 unspecified atom stereocenters. The normalized spacial score (nSPS) is 17.1. The van der Waals surface area contributed by atoms with Crippen LogP contribution in [0.15, 0.2) is 72.3 Å².